The van der Waals surface area contributed by atoms with Crippen LogP contribution in [0.25, 0.3) is 10.2 Å². The van der Waals surface area contributed by atoms with E-state index in [1.54, 1.807) is 16.2 Å². The Balaban J connectivity index is 1.22. The van der Waals surface area contributed by atoms with E-state index in [-0.39, 0.29) is 6.09 Å². The number of nitrogens with one attached hydrogen (secondary N) is 1. The summed E-state index contributed by atoms with van der Waals surface area (Å²) in [5.74, 6) is 4.09. The SMILES string of the molecule is CN(CC1CCC2CC1C2(C)C)c1nc(Nc2ccc3ncsc3c2)nc(N2CCN(C(=O)OC(C)(C)C)CC2)n1. The zero-order valence-electron chi connectivity index (χ0n) is 25.1. The zero-order valence-corrected chi connectivity index (χ0v) is 25.9. The van der Waals surface area contributed by atoms with Crippen molar-refractivity contribution >= 4 is 51.2 Å². The molecule has 3 saturated carbocycles. The normalized spacial score (nSPS) is 23.7. The molecule has 3 atom stereocenters. The quantitative estimate of drug-likeness (QED) is 0.390. The maximum atomic E-state index is 12.6. The van der Waals surface area contributed by atoms with Crippen molar-refractivity contribution in [1.29, 1.82) is 0 Å². The lowest BCUT2D eigenvalue weighted by atomic mass is 9.45. The summed E-state index contributed by atoms with van der Waals surface area (Å²) in [5.41, 5.74) is 3.67. The van der Waals surface area contributed by atoms with E-state index >= 15 is 0 Å². The number of anilines is 4. The number of hydrogen-bond acceptors (Lipinski definition) is 10. The predicted octanol–water partition coefficient (Wildman–Crippen LogP) is 5.79. The summed E-state index contributed by atoms with van der Waals surface area (Å²) in [4.78, 5) is 37.8. The van der Waals surface area contributed by atoms with Gasteiger partial charge >= 0.3 is 6.09 Å². The minimum absolute atomic E-state index is 0.275. The van der Waals surface area contributed by atoms with Crippen molar-refractivity contribution in [3.63, 3.8) is 0 Å². The third-order valence-corrected chi connectivity index (χ3v) is 10.1. The number of amides is 1. The molecule has 0 spiro atoms. The van der Waals surface area contributed by atoms with Gasteiger partial charge in [-0.25, -0.2) is 9.78 Å². The van der Waals surface area contributed by atoms with Gasteiger partial charge in [0.2, 0.25) is 17.8 Å². The van der Waals surface area contributed by atoms with Gasteiger partial charge in [0.1, 0.15) is 5.60 Å². The van der Waals surface area contributed by atoms with Crippen LogP contribution in [0.5, 0.6) is 0 Å². The molecule has 1 aliphatic heterocycles. The molecule has 3 unspecified atom stereocenters. The number of carbonyl (C=O) groups is 1. The van der Waals surface area contributed by atoms with E-state index in [0.29, 0.717) is 55.4 Å². The summed E-state index contributed by atoms with van der Waals surface area (Å²) in [6.07, 6.45) is 3.66. The summed E-state index contributed by atoms with van der Waals surface area (Å²) in [5, 5.41) is 3.43. The Kier molecular flexibility index (Phi) is 7.20. The predicted molar refractivity (Wildman–Crippen MR) is 164 cm³/mol. The Bertz CT molecular complexity index is 1410. The first-order chi connectivity index (χ1) is 19.5. The second-order valence-electron chi connectivity index (χ2n) is 13.5. The van der Waals surface area contributed by atoms with E-state index in [4.69, 9.17) is 19.7 Å². The molecule has 1 N–H and O–H groups in total. The van der Waals surface area contributed by atoms with Crippen molar-refractivity contribution in [1.82, 2.24) is 24.8 Å². The van der Waals surface area contributed by atoms with Crippen molar-refractivity contribution in [2.24, 2.45) is 23.2 Å². The number of aromatic nitrogens is 4. The first kappa shape index (κ1) is 27.9. The molecule has 220 valence electrons. The van der Waals surface area contributed by atoms with Crippen LogP contribution in [-0.2, 0) is 4.74 Å². The number of hydrogen-bond donors (Lipinski definition) is 1. The maximum Gasteiger partial charge on any atom is 0.410 e. The van der Waals surface area contributed by atoms with Gasteiger partial charge < -0.3 is 24.8 Å². The molecule has 3 heterocycles. The number of carbonyl (C=O) groups excluding carboxylic acids is 1. The maximum absolute atomic E-state index is 12.6. The first-order valence-electron chi connectivity index (χ1n) is 14.8. The highest BCUT2D eigenvalue weighted by Crippen LogP contribution is 2.61. The van der Waals surface area contributed by atoms with Gasteiger partial charge in [0.15, 0.2) is 0 Å². The highest BCUT2D eigenvalue weighted by Gasteiger charge is 2.54. The van der Waals surface area contributed by atoms with Gasteiger partial charge in [0.25, 0.3) is 0 Å². The van der Waals surface area contributed by atoms with E-state index in [1.165, 1.54) is 19.3 Å². The van der Waals surface area contributed by atoms with E-state index in [2.05, 4.69) is 47.1 Å². The monoisotopic (exact) mass is 578 g/mol. The topological polar surface area (TPSA) is 99.6 Å². The van der Waals surface area contributed by atoms with Crippen LogP contribution in [0.3, 0.4) is 0 Å². The molecular weight excluding hydrogens is 536 g/mol. The van der Waals surface area contributed by atoms with Crippen LogP contribution in [0.1, 0.15) is 53.9 Å². The minimum Gasteiger partial charge on any atom is -0.444 e. The molecule has 41 heavy (non-hydrogen) atoms. The van der Waals surface area contributed by atoms with Crippen molar-refractivity contribution in [2.45, 2.75) is 59.5 Å². The molecule has 1 amide bonds. The van der Waals surface area contributed by atoms with Crippen LogP contribution in [0, 0.1) is 23.2 Å². The van der Waals surface area contributed by atoms with Crippen LogP contribution in [0.4, 0.5) is 28.3 Å². The number of benzene rings is 1. The van der Waals surface area contributed by atoms with Gasteiger partial charge in [-0.2, -0.15) is 15.0 Å². The zero-order chi connectivity index (χ0) is 28.9. The average molecular weight is 579 g/mol. The van der Waals surface area contributed by atoms with Gasteiger partial charge in [-0.05, 0) is 81.4 Å². The van der Waals surface area contributed by atoms with Gasteiger partial charge in [0, 0.05) is 45.5 Å². The summed E-state index contributed by atoms with van der Waals surface area (Å²) in [6.45, 7) is 13.8. The molecule has 3 aliphatic carbocycles. The van der Waals surface area contributed by atoms with Crippen LogP contribution >= 0.6 is 11.3 Å². The molecule has 10 nitrogen and oxygen atoms in total. The van der Waals surface area contributed by atoms with Crippen LogP contribution in [0.2, 0.25) is 0 Å². The standard InChI is InChI=1S/C30H42N8O2S/c1-29(2,3)40-28(39)38-13-11-37(12-14-38)27-34-25(32-21-9-10-23-24(16-21)41-18-31-23)33-26(35-27)36(6)17-19-7-8-20-15-22(19)30(20,4)5/h9-10,16,18-20,22H,7-8,11-15,17H2,1-6H3,(H,32,33,34,35). The van der Waals surface area contributed by atoms with Crippen LogP contribution < -0.4 is 15.1 Å². The highest BCUT2D eigenvalue weighted by molar-refractivity contribution is 7.16. The number of ether oxygens (including phenoxy) is 1. The van der Waals surface area contributed by atoms with Crippen LogP contribution in [-0.4, -0.2) is 76.3 Å². The van der Waals surface area contributed by atoms with Gasteiger partial charge in [-0.1, -0.05) is 13.8 Å². The Morgan fingerprint density at radius 1 is 1.15 bits per heavy atom. The number of fused-ring (bicyclic) bond motifs is 3. The van der Waals surface area contributed by atoms with Gasteiger partial charge in [0.05, 0.1) is 15.7 Å². The third kappa shape index (κ3) is 5.78. The van der Waals surface area contributed by atoms with E-state index in [9.17, 15) is 4.79 Å². The summed E-state index contributed by atoms with van der Waals surface area (Å²) in [7, 11) is 2.10. The summed E-state index contributed by atoms with van der Waals surface area (Å²) in [6, 6.07) is 6.10. The Hall–Kier alpha value is -3.21. The summed E-state index contributed by atoms with van der Waals surface area (Å²) < 4.78 is 6.69. The van der Waals surface area contributed by atoms with Crippen molar-refractivity contribution in [2.75, 3.05) is 54.9 Å². The number of nitrogens with zero attached hydrogens (tertiary/aromatic N) is 7. The fraction of sp³-hybridized carbons (Fsp3) is 0.633. The number of thiazole rings is 1. The molecule has 3 aromatic rings. The Morgan fingerprint density at radius 3 is 2.63 bits per heavy atom. The average Bonchev–Trinajstić information content (AvgIpc) is 3.40. The smallest absolute Gasteiger partial charge is 0.410 e. The molecule has 1 saturated heterocycles. The van der Waals surface area contributed by atoms with E-state index < -0.39 is 5.60 Å². The molecule has 2 aromatic heterocycles. The fourth-order valence-electron chi connectivity index (χ4n) is 6.81. The lowest BCUT2D eigenvalue weighted by Crippen LogP contribution is -2.54. The second kappa shape index (κ2) is 10.6. The van der Waals surface area contributed by atoms with Crippen molar-refractivity contribution in [3.8, 4) is 0 Å². The molecule has 4 fully saturated rings. The highest BCUT2D eigenvalue weighted by atomic mass is 32.1. The van der Waals surface area contributed by atoms with E-state index in [1.807, 2.05) is 38.4 Å². The van der Waals surface area contributed by atoms with E-state index in [0.717, 1.165) is 34.3 Å². The van der Waals surface area contributed by atoms with Gasteiger partial charge in [-0.15, -0.1) is 11.3 Å². The third-order valence-electron chi connectivity index (χ3n) is 9.26. The molecule has 1 aromatic carbocycles. The lowest BCUT2D eigenvalue weighted by Gasteiger charge is -2.60. The molecule has 0 radical (unpaired) electrons. The molecule has 2 bridgehead atoms. The second-order valence-corrected chi connectivity index (χ2v) is 14.3. The molecule has 4 aliphatic rings. The van der Waals surface area contributed by atoms with Crippen LogP contribution in [0.15, 0.2) is 23.7 Å². The van der Waals surface area contributed by atoms with Crippen molar-refractivity contribution in [3.05, 3.63) is 23.7 Å². The largest absolute Gasteiger partial charge is 0.444 e. The summed E-state index contributed by atoms with van der Waals surface area (Å²) >= 11 is 1.61. The molecular formula is C30H42N8O2S. The number of rotatable bonds is 6. The minimum atomic E-state index is -0.515. The Labute approximate surface area is 246 Å². The first-order valence-corrected chi connectivity index (χ1v) is 15.6. The number of piperazine rings is 1. The van der Waals surface area contributed by atoms with Crippen molar-refractivity contribution < 1.29 is 9.53 Å². The molecule has 7 rings (SSSR count). The molecule has 11 heteroatoms. The lowest BCUT2D eigenvalue weighted by molar-refractivity contribution is -0.102. The fourth-order valence-corrected chi connectivity index (χ4v) is 7.53. The Morgan fingerprint density at radius 2 is 1.93 bits per heavy atom. The van der Waals surface area contributed by atoms with Gasteiger partial charge in [-0.3, -0.25) is 0 Å².